The van der Waals surface area contributed by atoms with E-state index < -0.39 is 0 Å². The predicted octanol–water partition coefficient (Wildman–Crippen LogP) is 2.67. The number of hydrogen-bond donors (Lipinski definition) is 1. The molecule has 23 heavy (non-hydrogen) atoms. The highest BCUT2D eigenvalue weighted by Gasteiger charge is 2.41. The largest absolute Gasteiger partial charge is 0.396 e. The standard InChI is InChI=1S/C20H23NO2/c22-13-20(14-23-15-20)12-21(18-8-2-1-3-9-18)19-10-16-6-4-5-7-17(16)11-19/h1-9,19,22H,10-15H2. The van der Waals surface area contributed by atoms with E-state index in [0.29, 0.717) is 19.3 Å². The molecule has 0 unspecified atom stereocenters. The van der Waals surface area contributed by atoms with Crippen molar-refractivity contribution in [2.75, 3.05) is 31.3 Å². The molecule has 0 bridgehead atoms. The molecule has 1 heterocycles. The number of nitrogens with zero attached hydrogens (tertiary/aromatic N) is 1. The number of fused-ring (bicyclic) bond motifs is 1. The first-order valence-corrected chi connectivity index (χ1v) is 8.37. The number of anilines is 1. The fourth-order valence-electron chi connectivity index (χ4n) is 3.79. The number of aliphatic hydroxyl groups excluding tert-OH is 1. The summed E-state index contributed by atoms with van der Waals surface area (Å²) >= 11 is 0. The number of aliphatic hydroxyl groups is 1. The number of hydrogen-bond acceptors (Lipinski definition) is 3. The van der Waals surface area contributed by atoms with Crippen LogP contribution in [0, 0.1) is 5.41 Å². The normalized spacial score (nSPS) is 19.2. The summed E-state index contributed by atoms with van der Waals surface area (Å²) in [6.07, 6.45) is 2.15. The molecular weight excluding hydrogens is 286 g/mol. The third-order valence-electron chi connectivity index (χ3n) is 5.22. The van der Waals surface area contributed by atoms with Crippen LogP contribution >= 0.6 is 0 Å². The molecule has 0 spiro atoms. The van der Waals surface area contributed by atoms with E-state index in [-0.39, 0.29) is 12.0 Å². The second kappa shape index (κ2) is 5.99. The van der Waals surface area contributed by atoms with E-state index in [9.17, 15) is 5.11 Å². The van der Waals surface area contributed by atoms with Crippen LogP contribution < -0.4 is 4.90 Å². The van der Waals surface area contributed by atoms with Gasteiger partial charge < -0.3 is 14.7 Å². The summed E-state index contributed by atoms with van der Waals surface area (Å²) in [6.45, 7) is 2.36. The van der Waals surface area contributed by atoms with Gasteiger partial charge in [0.05, 0.1) is 25.2 Å². The third kappa shape index (κ3) is 2.75. The summed E-state index contributed by atoms with van der Waals surface area (Å²) in [5.41, 5.74) is 4.05. The smallest absolute Gasteiger partial charge is 0.0584 e. The Morgan fingerprint density at radius 2 is 1.57 bits per heavy atom. The van der Waals surface area contributed by atoms with Crippen LogP contribution in [0.5, 0.6) is 0 Å². The zero-order chi connectivity index (χ0) is 15.7. The molecule has 1 aliphatic heterocycles. The van der Waals surface area contributed by atoms with Gasteiger partial charge in [-0.25, -0.2) is 0 Å². The fraction of sp³-hybridized carbons (Fsp3) is 0.400. The molecule has 4 rings (SSSR count). The maximum atomic E-state index is 9.84. The highest BCUT2D eigenvalue weighted by molar-refractivity contribution is 5.50. The van der Waals surface area contributed by atoms with E-state index in [1.165, 1.54) is 16.8 Å². The number of ether oxygens (including phenoxy) is 1. The average molecular weight is 309 g/mol. The molecule has 120 valence electrons. The van der Waals surface area contributed by atoms with E-state index in [2.05, 4.69) is 59.5 Å². The first kappa shape index (κ1) is 14.7. The molecule has 2 aliphatic rings. The Bertz CT molecular complexity index is 636. The maximum Gasteiger partial charge on any atom is 0.0584 e. The molecule has 1 N–H and O–H groups in total. The van der Waals surface area contributed by atoms with Crippen LogP contribution in [0.4, 0.5) is 5.69 Å². The van der Waals surface area contributed by atoms with Crippen molar-refractivity contribution < 1.29 is 9.84 Å². The quantitative estimate of drug-likeness (QED) is 0.922. The van der Waals surface area contributed by atoms with Gasteiger partial charge in [-0.1, -0.05) is 42.5 Å². The lowest BCUT2D eigenvalue weighted by Crippen LogP contribution is -2.55. The van der Waals surface area contributed by atoms with Gasteiger partial charge in [0, 0.05) is 18.3 Å². The molecule has 0 radical (unpaired) electrons. The Morgan fingerprint density at radius 3 is 2.09 bits per heavy atom. The van der Waals surface area contributed by atoms with Gasteiger partial charge in [-0.15, -0.1) is 0 Å². The van der Waals surface area contributed by atoms with E-state index >= 15 is 0 Å². The summed E-state index contributed by atoms with van der Waals surface area (Å²) in [5, 5.41) is 9.84. The molecule has 0 aromatic heterocycles. The van der Waals surface area contributed by atoms with Crippen LogP contribution in [0.25, 0.3) is 0 Å². The highest BCUT2D eigenvalue weighted by atomic mass is 16.5. The Kier molecular flexibility index (Phi) is 3.83. The van der Waals surface area contributed by atoms with Crippen molar-refractivity contribution in [2.45, 2.75) is 18.9 Å². The monoisotopic (exact) mass is 309 g/mol. The second-order valence-corrected chi connectivity index (χ2v) is 6.95. The van der Waals surface area contributed by atoms with Crippen LogP contribution in [-0.4, -0.2) is 37.5 Å². The van der Waals surface area contributed by atoms with Crippen molar-refractivity contribution in [3.8, 4) is 0 Å². The number of para-hydroxylation sites is 1. The molecule has 0 saturated carbocycles. The van der Waals surface area contributed by atoms with Crippen LogP contribution in [0.3, 0.4) is 0 Å². The van der Waals surface area contributed by atoms with Gasteiger partial charge in [-0.05, 0) is 36.1 Å². The molecule has 1 saturated heterocycles. The van der Waals surface area contributed by atoms with Gasteiger partial charge in [-0.3, -0.25) is 0 Å². The molecule has 1 fully saturated rings. The molecule has 2 aromatic carbocycles. The molecule has 3 heteroatoms. The third-order valence-corrected chi connectivity index (χ3v) is 5.22. The van der Waals surface area contributed by atoms with Crippen LogP contribution in [-0.2, 0) is 17.6 Å². The summed E-state index contributed by atoms with van der Waals surface area (Å²) in [6, 6.07) is 19.8. The minimum Gasteiger partial charge on any atom is -0.396 e. The van der Waals surface area contributed by atoms with Gasteiger partial charge >= 0.3 is 0 Å². The van der Waals surface area contributed by atoms with Crippen LogP contribution in [0.1, 0.15) is 11.1 Å². The van der Waals surface area contributed by atoms with Gasteiger partial charge in [0.2, 0.25) is 0 Å². The summed E-state index contributed by atoms with van der Waals surface area (Å²) in [5.74, 6) is 0. The minimum absolute atomic E-state index is 0.107. The first-order valence-electron chi connectivity index (χ1n) is 8.37. The maximum absolute atomic E-state index is 9.84. The average Bonchev–Trinajstić information content (AvgIpc) is 2.99. The van der Waals surface area contributed by atoms with Crippen LogP contribution in [0.2, 0.25) is 0 Å². The molecule has 2 aromatic rings. The Morgan fingerprint density at radius 1 is 0.957 bits per heavy atom. The topological polar surface area (TPSA) is 32.7 Å². The molecule has 1 aliphatic carbocycles. The van der Waals surface area contributed by atoms with Crippen molar-refractivity contribution in [3.63, 3.8) is 0 Å². The Balaban J connectivity index is 1.61. The molecule has 0 atom stereocenters. The Hall–Kier alpha value is -1.84. The van der Waals surface area contributed by atoms with Crippen molar-refractivity contribution >= 4 is 5.69 Å². The van der Waals surface area contributed by atoms with Crippen LogP contribution in [0.15, 0.2) is 54.6 Å². The minimum atomic E-state index is -0.107. The molecule has 3 nitrogen and oxygen atoms in total. The predicted molar refractivity (Wildman–Crippen MR) is 91.8 cm³/mol. The van der Waals surface area contributed by atoms with Gasteiger partial charge in [0.25, 0.3) is 0 Å². The van der Waals surface area contributed by atoms with Crippen molar-refractivity contribution in [2.24, 2.45) is 5.41 Å². The van der Waals surface area contributed by atoms with E-state index in [1.807, 2.05) is 0 Å². The lowest BCUT2D eigenvalue weighted by Gasteiger charge is -2.45. The summed E-state index contributed by atoms with van der Waals surface area (Å²) in [7, 11) is 0. The summed E-state index contributed by atoms with van der Waals surface area (Å²) in [4.78, 5) is 2.48. The van der Waals surface area contributed by atoms with E-state index in [4.69, 9.17) is 4.74 Å². The highest BCUT2D eigenvalue weighted by Crippen LogP contribution is 2.34. The number of rotatable bonds is 5. The SMILES string of the molecule is OCC1(CN(c2ccccc2)C2Cc3ccccc3C2)COC1. The molecular formula is C20H23NO2. The van der Waals surface area contributed by atoms with Gasteiger partial charge in [0.1, 0.15) is 0 Å². The van der Waals surface area contributed by atoms with Crippen molar-refractivity contribution in [1.82, 2.24) is 0 Å². The van der Waals surface area contributed by atoms with Gasteiger partial charge in [0.15, 0.2) is 0 Å². The zero-order valence-electron chi connectivity index (χ0n) is 13.3. The molecule has 0 amide bonds. The van der Waals surface area contributed by atoms with Gasteiger partial charge in [-0.2, -0.15) is 0 Å². The lowest BCUT2D eigenvalue weighted by molar-refractivity contribution is -0.131. The first-order chi connectivity index (χ1) is 11.3. The van der Waals surface area contributed by atoms with E-state index in [1.54, 1.807) is 0 Å². The second-order valence-electron chi connectivity index (χ2n) is 6.95. The van der Waals surface area contributed by atoms with E-state index in [0.717, 1.165) is 19.4 Å². The lowest BCUT2D eigenvalue weighted by atomic mass is 9.85. The Labute approximate surface area is 137 Å². The summed E-state index contributed by atoms with van der Waals surface area (Å²) < 4.78 is 5.40. The number of benzene rings is 2. The van der Waals surface area contributed by atoms with Crippen molar-refractivity contribution in [3.05, 3.63) is 65.7 Å². The van der Waals surface area contributed by atoms with Crippen molar-refractivity contribution in [1.29, 1.82) is 0 Å². The zero-order valence-corrected chi connectivity index (χ0v) is 13.3. The fourth-order valence-corrected chi connectivity index (χ4v) is 3.79.